The van der Waals surface area contributed by atoms with Crippen LogP contribution in [0.2, 0.25) is 0 Å². The van der Waals surface area contributed by atoms with Gasteiger partial charge >= 0.3 is 0 Å². The molecule has 0 aliphatic rings. The summed E-state index contributed by atoms with van der Waals surface area (Å²) in [5.74, 6) is 1.05. The van der Waals surface area contributed by atoms with E-state index in [4.69, 9.17) is 0 Å². The molecule has 0 heterocycles. The summed E-state index contributed by atoms with van der Waals surface area (Å²) in [6.45, 7) is 9.98. The van der Waals surface area contributed by atoms with Gasteiger partial charge in [-0.1, -0.05) is 27.7 Å². The molecular weight excluding hydrogens is 212 g/mol. The average molecular weight is 234 g/mol. The molecule has 0 radical (unpaired) electrons. The number of phenolic OH excluding ortho intramolecular Hbond substituents is 1. The summed E-state index contributed by atoms with van der Waals surface area (Å²) in [6, 6.07) is 3.54. The molecule has 94 valence electrons. The number of Topliss-reactive ketones (excluding diaryl/α,β-unsaturated/α-hetero) is 1. The molecule has 1 aromatic carbocycles. The number of benzene rings is 1. The smallest absolute Gasteiger partial charge is 0.163 e. The van der Waals surface area contributed by atoms with E-state index in [0.717, 1.165) is 16.7 Å². The van der Waals surface area contributed by atoms with Gasteiger partial charge in [-0.05, 0) is 42.0 Å². The van der Waals surface area contributed by atoms with Gasteiger partial charge in [-0.15, -0.1) is 0 Å². The molecule has 1 N–H and O–H groups in total. The first-order valence-corrected chi connectivity index (χ1v) is 6.19. The van der Waals surface area contributed by atoms with Gasteiger partial charge in [0.15, 0.2) is 5.78 Å². The summed E-state index contributed by atoms with van der Waals surface area (Å²) >= 11 is 0. The Morgan fingerprint density at radius 1 is 1.24 bits per heavy atom. The van der Waals surface area contributed by atoms with Crippen molar-refractivity contribution in [3.8, 4) is 5.75 Å². The third-order valence-electron chi connectivity index (χ3n) is 2.88. The molecule has 0 aliphatic heterocycles. The Hall–Kier alpha value is -1.31. The van der Waals surface area contributed by atoms with Crippen molar-refractivity contribution in [1.29, 1.82) is 0 Å². The summed E-state index contributed by atoms with van der Waals surface area (Å²) in [6.07, 6.45) is 0.559. The topological polar surface area (TPSA) is 37.3 Å². The zero-order valence-electron chi connectivity index (χ0n) is 11.4. The first kappa shape index (κ1) is 13.8. The molecule has 0 aliphatic carbocycles. The fraction of sp³-hybridized carbons (Fsp3) is 0.533. The van der Waals surface area contributed by atoms with Crippen molar-refractivity contribution in [3.05, 3.63) is 28.8 Å². The second-order valence-electron chi connectivity index (χ2n) is 5.40. The maximum absolute atomic E-state index is 12.2. The Labute approximate surface area is 104 Å². The second-order valence-corrected chi connectivity index (χ2v) is 5.40. The van der Waals surface area contributed by atoms with E-state index in [1.165, 1.54) is 0 Å². The van der Waals surface area contributed by atoms with E-state index < -0.39 is 0 Å². The maximum atomic E-state index is 12.2. The van der Waals surface area contributed by atoms with Gasteiger partial charge in [-0.25, -0.2) is 0 Å². The van der Waals surface area contributed by atoms with Gasteiger partial charge in [0.2, 0.25) is 0 Å². The molecule has 17 heavy (non-hydrogen) atoms. The van der Waals surface area contributed by atoms with Crippen LogP contribution in [0.3, 0.4) is 0 Å². The van der Waals surface area contributed by atoms with Crippen LogP contribution in [0.5, 0.6) is 5.75 Å². The number of hydrogen-bond donors (Lipinski definition) is 1. The highest BCUT2D eigenvalue weighted by atomic mass is 16.3. The van der Waals surface area contributed by atoms with Gasteiger partial charge in [0.05, 0.1) is 0 Å². The Kier molecular flexibility index (Phi) is 4.33. The summed E-state index contributed by atoms with van der Waals surface area (Å²) < 4.78 is 0. The highest BCUT2D eigenvalue weighted by molar-refractivity contribution is 5.98. The minimum Gasteiger partial charge on any atom is -0.508 e. The third-order valence-corrected chi connectivity index (χ3v) is 2.88. The van der Waals surface area contributed by atoms with E-state index in [-0.39, 0.29) is 17.5 Å². The molecule has 0 spiro atoms. The summed E-state index contributed by atoms with van der Waals surface area (Å²) in [7, 11) is 0. The first-order chi connectivity index (χ1) is 7.82. The molecule has 0 saturated carbocycles. The summed E-state index contributed by atoms with van der Waals surface area (Å²) in [4.78, 5) is 12.2. The molecule has 0 saturated heterocycles. The Balaban J connectivity index is 3.21. The van der Waals surface area contributed by atoms with Crippen molar-refractivity contribution in [2.45, 2.75) is 47.0 Å². The molecule has 1 rings (SSSR count). The quantitative estimate of drug-likeness (QED) is 0.798. The van der Waals surface area contributed by atoms with Crippen molar-refractivity contribution < 1.29 is 9.90 Å². The normalized spacial score (nSPS) is 11.2. The van der Waals surface area contributed by atoms with Crippen molar-refractivity contribution in [1.82, 2.24) is 0 Å². The average Bonchev–Trinajstić information content (AvgIpc) is 2.19. The SMILES string of the molecule is Cc1cc(C(=O)CC(C)C)c(C(C)C)cc1O. The van der Waals surface area contributed by atoms with Crippen LogP contribution in [0.4, 0.5) is 0 Å². The molecule has 2 heteroatoms. The van der Waals surface area contributed by atoms with Crippen molar-refractivity contribution >= 4 is 5.78 Å². The fourth-order valence-corrected chi connectivity index (χ4v) is 1.91. The van der Waals surface area contributed by atoms with Gasteiger partial charge in [0.25, 0.3) is 0 Å². The monoisotopic (exact) mass is 234 g/mol. The number of rotatable bonds is 4. The Morgan fingerprint density at radius 2 is 1.82 bits per heavy atom. The highest BCUT2D eigenvalue weighted by Gasteiger charge is 2.17. The summed E-state index contributed by atoms with van der Waals surface area (Å²) in [5.41, 5.74) is 2.48. The van der Waals surface area contributed by atoms with Crippen LogP contribution in [0.25, 0.3) is 0 Å². The maximum Gasteiger partial charge on any atom is 0.163 e. The molecule has 0 aromatic heterocycles. The zero-order valence-corrected chi connectivity index (χ0v) is 11.4. The van der Waals surface area contributed by atoms with Gasteiger partial charge in [-0.2, -0.15) is 0 Å². The van der Waals surface area contributed by atoms with E-state index in [1.54, 1.807) is 6.07 Å². The minimum absolute atomic E-state index is 0.173. The largest absolute Gasteiger partial charge is 0.508 e. The molecule has 0 bridgehead atoms. The lowest BCUT2D eigenvalue weighted by atomic mass is 9.90. The number of aryl methyl sites for hydroxylation is 1. The van der Waals surface area contributed by atoms with Crippen molar-refractivity contribution in [2.24, 2.45) is 5.92 Å². The van der Waals surface area contributed by atoms with Gasteiger partial charge in [0.1, 0.15) is 5.75 Å². The number of phenols is 1. The number of hydrogen-bond acceptors (Lipinski definition) is 2. The van der Waals surface area contributed by atoms with E-state index in [2.05, 4.69) is 0 Å². The van der Waals surface area contributed by atoms with Crippen LogP contribution >= 0.6 is 0 Å². The predicted octanol–water partition coefficient (Wildman–Crippen LogP) is 4.05. The van der Waals surface area contributed by atoms with E-state index in [0.29, 0.717) is 12.3 Å². The molecule has 1 aromatic rings. The lowest BCUT2D eigenvalue weighted by molar-refractivity contribution is 0.0966. The van der Waals surface area contributed by atoms with Crippen LogP contribution < -0.4 is 0 Å². The van der Waals surface area contributed by atoms with Crippen LogP contribution in [0.1, 0.15) is 61.5 Å². The number of carbonyl (C=O) groups is 1. The molecule has 2 nitrogen and oxygen atoms in total. The van der Waals surface area contributed by atoms with E-state index >= 15 is 0 Å². The van der Waals surface area contributed by atoms with Crippen LogP contribution in [-0.2, 0) is 0 Å². The van der Waals surface area contributed by atoms with E-state index in [1.807, 2.05) is 40.7 Å². The lowest BCUT2D eigenvalue weighted by Crippen LogP contribution is -2.08. The van der Waals surface area contributed by atoms with Gasteiger partial charge in [0, 0.05) is 12.0 Å². The Morgan fingerprint density at radius 3 is 2.29 bits per heavy atom. The predicted molar refractivity (Wildman–Crippen MR) is 70.7 cm³/mol. The Bertz CT molecular complexity index is 417. The fourth-order valence-electron chi connectivity index (χ4n) is 1.91. The number of carbonyl (C=O) groups excluding carboxylic acids is 1. The molecule has 0 fully saturated rings. The minimum atomic E-state index is 0.173. The molecule has 0 atom stereocenters. The highest BCUT2D eigenvalue weighted by Crippen LogP contribution is 2.28. The second kappa shape index (κ2) is 5.35. The van der Waals surface area contributed by atoms with E-state index in [9.17, 15) is 9.90 Å². The lowest BCUT2D eigenvalue weighted by Gasteiger charge is -2.15. The van der Waals surface area contributed by atoms with Crippen LogP contribution in [-0.4, -0.2) is 10.9 Å². The van der Waals surface area contributed by atoms with Crippen LogP contribution in [0, 0.1) is 12.8 Å². The first-order valence-electron chi connectivity index (χ1n) is 6.19. The number of aromatic hydroxyl groups is 1. The van der Waals surface area contributed by atoms with Crippen molar-refractivity contribution in [3.63, 3.8) is 0 Å². The van der Waals surface area contributed by atoms with Crippen LogP contribution in [0.15, 0.2) is 12.1 Å². The molecule has 0 unspecified atom stereocenters. The third kappa shape index (κ3) is 3.32. The molecular formula is C15H22O2. The zero-order chi connectivity index (χ0) is 13.2. The van der Waals surface area contributed by atoms with Gasteiger partial charge in [-0.3, -0.25) is 4.79 Å². The number of ketones is 1. The standard InChI is InChI=1S/C15H22O2/c1-9(2)6-15(17)13-7-11(5)14(16)8-12(13)10(3)4/h7-10,16H,6H2,1-5H3. The molecule has 0 amide bonds. The van der Waals surface area contributed by atoms with Gasteiger partial charge < -0.3 is 5.11 Å². The van der Waals surface area contributed by atoms with Crippen molar-refractivity contribution in [2.75, 3.05) is 0 Å². The summed E-state index contributed by atoms with van der Waals surface area (Å²) in [5, 5.41) is 9.73.